The van der Waals surface area contributed by atoms with E-state index in [0.29, 0.717) is 29.4 Å². The van der Waals surface area contributed by atoms with E-state index >= 15 is 0 Å². The molecule has 9 nitrogen and oxygen atoms in total. The standard InChI is InChI=1S/C29H31F3N5O4P/c1-6-41-42(5,40)17-18-7-10-20(11-8-18)34-27-33-15-22(29(30,31)32)25(36-27)35-23-12-9-19(13-14-28(2,3)39)21-16-37(4)26(38)24(21)23/h7-12,15-16,38-39H,6,17H2,1-5H3,(H2,33,34,35,36). The van der Waals surface area contributed by atoms with Crippen molar-refractivity contribution in [3.8, 4) is 17.7 Å². The molecule has 0 saturated carbocycles. The van der Waals surface area contributed by atoms with E-state index in [4.69, 9.17) is 4.52 Å². The zero-order chi connectivity index (χ0) is 30.9. The maximum Gasteiger partial charge on any atom is 0.421 e. The van der Waals surface area contributed by atoms with Gasteiger partial charge in [-0.3, -0.25) is 4.57 Å². The predicted octanol–water partition coefficient (Wildman–Crippen LogP) is 6.75. The number of aromatic hydroxyl groups is 1. The Balaban J connectivity index is 1.69. The van der Waals surface area contributed by atoms with Crippen LogP contribution in [0.15, 0.2) is 48.8 Å². The fourth-order valence-corrected chi connectivity index (χ4v) is 5.72. The molecule has 4 aromatic rings. The highest BCUT2D eigenvalue weighted by atomic mass is 31.2. The normalized spacial score (nSPS) is 13.4. The number of alkyl halides is 3. The van der Waals surface area contributed by atoms with Gasteiger partial charge in [-0.1, -0.05) is 24.0 Å². The Morgan fingerprint density at radius 3 is 2.43 bits per heavy atom. The first-order valence-electron chi connectivity index (χ1n) is 12.9. The Morgan fingerprint density at radius 2 is 1.81 bits per heavy atom. The van der Waals surface area contributed by atoms with Crippen molar-refractivity contribution in [2.45, 2.75) is 38.7 Å². The van der Waals surface area contributed by atoms with Gasteiger partial charge in [0, 0.05) is 48.9 Å². The average molecular weight is 602 g/mol. The number of fused-ring (bicyclic) bond motifs is 1. The Kier molecular flexibility index (Phi) is 8.60. The zero-order valence-corrected chi connectivity index (χ0v) is 24.6. The van der Waals surface area contributed by atoms with Gasteiger partial charge in [0.2, 0.25) is 19.2 Å². The van der Waals surface area contributed by atoms with Crippen molar-refractivity contribution in [3.05, 3.63) is 65.5 Å². The Morgan fingerprint density at radius 1 is 1.12 bits per heavy atom. The molecule has 4 N–H and O–H groups in total. The number of aliphatic hydroxyl groups is 1. The lowest BCUT2D eigenvalue weighted by Gasteiger charge is -2.16. The molecule has 0 aliphatic carbocycles. The number of halogens is 3. The summed E-state index contributed by atoms with van der Waals surface area (Å²) in [5.74, 6) is 4.74. The van der Waals surface area contributed by atoms with Crippen molar-refractivity contribution in [2.75, 3.05) is 23.9 Å². The van der Waals surface area contributed by atoms with E-state index in [9.17, 15) is 27.9 Å². The minimum Gasteiger partial charge on any atom is -0.494 e. The number of benzene rings is 2. The largest absolute Gasteiger partial charge is 0.494 e. The van der Waals surface area contributed by atoms with Crippen LogP contribution < -0.4 is 10.6 Å². The van der Waals surface area contributed by atoms with Crippen LogP contribution in [0.1, 0.15) is 37.5 Å². The number of aromatic nitrogens is 3. The zero-order valence-electron chi connectivity index (χ0n) is 23.7. The second kappa shape index (κ2) is 11.7. The van der Waals surface area contributed by atoms with E-state index in [2.05, 4.69) is 32.4 Å². The topological polar surface area (TPSA) is 122 Å². The highest BCUT2D eigenvalue weighted by Gasteiger charge is 2.35. The van der Waals surface area contributed by atoms with Crippen LogP contribution in [0.25, 0.3) is 10.8 Å². The van der Waals surface area contributed by atoms with Gasteiger partial charge in [-0.2, -0.15) is 18.2 Å². The third kappa shape index (κ3) is 7.42. The lowest BCUT2D eigenvalue weighted by molar-refractivity contribution is -0.137. The SMILES string of the molecule is CCOP(C)(=O)Cc1ccc(Nc2ncc(C(F)(F)F)c(Nc3ccc(C#CC(C)(C)O)c4cn(C)c(O)c34)n2)cc1. The second-order valence-electron chi connectivity index (χ2n) is 10.3. The number of hydrogen-bond acceptors (Lipinski definition) is 8. The van der Waals surface area contributed by atoms with Crippen molar-refractivity contribution < 1.29 is 32.5 Å². The third-order valence-corrected chi connectivity index (χ3v) is 7.80. The molecule has 4 rings (SSSR count). The molecule has 0 aliphatic rings. The van der Waals surface area contributed by atoms with Crippen molar-refractivity contribution in [2.24, 2.45) is 7.05 Å². The van der Waals surface area contributed by atoms with Crippen molar-refractivity contribution in [3.63, 3.8) is 0 Å². The molecule has 0 bridgehead atoms. The third-order valence-electron chi connectivity index (χ3n) is 6.06. The molecule has 0 radical (unpaired) electrons. The summed E-state index contributed by atoms with van der Waals surface area (Å²) in [5.41, 5.74) is -0.461. The fourth-order valence-electron chi connectivity index (χ4n) is 4.20. The first kappa shape index (κ1) is 30.9. The van der Waals surface area contributed by atoms with E-state index in [1.165, 1.54) is 24.5 Å². The maximum atomic E-state index is 13.9. The van der Waals surface area contributed by atoms with E-state index in [-0.39, 0.29) is 29.1 Å². The summed E-state index contributed by atoms with van der Waals surface area (Å²) in [6.45, 7) is 6.72. The molecule has 0 aliphatic heterocycles. The summed E-state index contributed by atoms with van der Waals surface area (Å²) in [7, 11) is -1.21. The quantitative estimate of drug-likeness (QED) is 0.129. The lowest BCUT2D eigenvalue weighted by Crippen LogP contribution is -2.14. The molecule has 0 spiro atoms. The molecule has 2 aromatic heterocycles. The monoisotopic (exact) mass is 601 g/mol. The number of nitrogens with zero attached hydrogens (tertiary/aromatic N) is 3. The highest BCUT2D eigenvalue weighted by Crippen LogP contribution is 2.46. The smallest absolute Gasteiger partial charge is 0.421 e. The van der Waals surface area contributed by atoms with Gasteiger partial charge in [0.15, 0.2) is 0 Å². The van der Waals surface area contributed by atoms with Crippen molar-refractivity contribution in [1.29, 1.82) is 0 Å². The maximum absolute atomic E-state index is 13.9. The van der Waals surface area contributed by atoms with Crippen molar-refractivity contribution in [1.82, 2.24) is 14.5 Å². The fraction of sp³-hybridized carbons (Fsp3) is 0.310. The number of nitrogens with one attached hydrogen (secondary N) is 2. The molecule has 1 atom stereocenters. The molecular formula is C29H31F3N5O4P. The van der Waals surface area contributed by atoms with Crippen LogP contribution in [0.5, 0.6) is 5.88 Å². The van der Waals surface area contributed by atoms with E-state index in [1.54, 1.807) is 57.2 Å². The van der Waals surface area contributed by atoms with Crippen LogP contribution >= 0.6 is 7.37 Å². The number of anilines is 4. The molecule has 0 fully saturated rings. The molecule has 2 aromatic carbocycles. The first-order chi connectivity index (χ1) is 19.6. The van der Waals surface area contributed by atoms with Gasteiger partial charge in [-0.05, 0) is 50.6 Å². The van der Waals surface area contributed by atoms with Crippen LogP contribution in [0.3, 0.4) is 0 Å². The summed E-state index contributed by atoms with van der Waals surface area (Å²) in [6.07, 6.45) is -2.26. The predicted molar refractivity (Wildman–Crippen MR) is 157 cm³/mol. The van der Waals surface area contributed by atoms with Crippen LogP contribution in [-0.2, 0) is 28.5 Å². The summed E-state index contributed by atoms with van der Waals surface area (Å²) < 4.78 is 61.0. The number of hydrogen-bond donors (Lipinski definition) is 4. The summed E-state index contributed by atoms with van der Waals surface area (Å²) in [5, 5.41) is 27.1. The summed E-state index contributed by atoms with van der Waals surface area (Å²) in [6, 6.07) is 9.89. The van der Waals surface area contributed by atoms with Crippen LogP contribution in [-0.4, -0.2) is 43.6 Å². The number of rotatable bonds is 8. The van der Waals surface area contributed by atoms with E-state index in [1.807, 2.05) is 0 Å². The summed E-state index contributed by atoms with van der Waals surface area (Å²) in [4.78, 5) is 7.96. The number of aryl methyl sites for hydroxylation is 1. The van der Waals surface area contributed by atoms with Gasteiger partial charge in [0.05, 0.1) is 17.7 Å². The summed E-state index contributed by atoms with van der Waals surface area (Å²) >= 11 is 0. The molecule has 42 heavy (non-hydrogen) atoms. The Hall–Kier alpha value is -4.04. The Bertz CT molecular complexity index is 1720. The lowest BCUT2D eigenvalue weighted by atomic mass is 10.0. The minimum atomic E-state index is -4.77. The molecule has 222 valence electrons. The van der Waals surface area contributed by atoms with E-state index < -0.39 is 30.5 Å². The van der Waals surface area contributed by atoms with Crippen LogP contribution in [0.4, 0.5) is 36.3 Å². The minimum absolute atomic E-state index is 0.102. The molecule has 13 heteroatoms. The molecule has 2 heterocycles. The Labute approximate surface area is 241 Å². The van der Waals surface area contributed by atoms with Crippen molar-refractivity contribution >= 4 is 41.3 Å². The van der Waals surface area contributed by atoms with Crippen LogP contribution in [0.2, 0.25) is 0 Å². The van der Waals surface area contributed by atoms with Gasteiger partial charge in [0.25, 0.3) is 0 Å². The molecule has 0 amide bonds. The molecule has 1 unspecified atom stereocenters. The van der Waals surface area contributed by atoms with Gasteiger partial charge in [-0.25, -0.2) is 4.98 Å². The first-order valence-corrected chi connectivity index (χ1v) is 15.2. The van der Waals surface area contributed by atoms with Gasteiger partial charge in [-0.15, -0.1) is 0 Å². The molecular weight excluding hydrogens is 570 g/mol. The highest BCUT2D eigenvalue weighted by molar-refractivity contribution is 7.57. The van der Waals surface area contributed by atoms with Gasteiger partial charge < -0.3 is 29.9 Å². The van der Waals surface area contributed by atoms with Gasteiger partial charge >= 0.3 is 6.18 Å². The van der Waals surface area contributed by atoms with E-state index in [0.717, 1.165) is 5.56 Å². The van der Waals surface area contributed by atoms with Crippen LogP contribution in [0, 0.1) is 11.8 Å². The average Bonchev–Trinajstić information content (AvgIpc) is 3.18. The molecule has 0 saturated heterocycles. The second-order valence-corrected chi connectivity index (χ2v) is 12.9. The van der Waals surface area contributed by atoms with Gasteiger partial charge in [0.1, 0.15) is 17.0 Å².